The van der Waals surface area contributed by atoms with E-state index in [2.05, 4.69) is 47.9 Å². The minimum atomic E-state index is -0.582. The van der Waals surface area contributed by atoms with Gasteiger partial charge in [-0.1, -0.05) is 44.2 Å². The summed E-state index contributed by atoms with van der Waals surface area (Å²) in [7, 11) is 4.03. The summed E-state index contributed by atoms with van der Waals surface area (Å²) in [6.07, 6.45) is 0.697. The first-order valence-electron chi connectivity index (χ1n) is 10.1. The second kappa shape index (κ2) is 8.89. The number of Topliss-reactive ketones (excluding diaryl/α,β-unsaturated/α-hetero) is 1. The highest BCUT2D eigenvalue weighted by atomic mass is 16.5. The van der Waals surface area contributed by atoms with Gasteiger partial charge in [-0.3, -0.25) is 9.69 Å². The number of nitrogens with zero attached hydrogens (tertiary/aromatic N) is 2. The third-order valence-electron chi connectivity index (χ3n) is 5.97. The van der Waals surface area contributed by atoms with Crippen molar-refractivity contribution in [2.75, 3.05) is 45.3 Å². The van der Waals surface area contributed by atoms with E-state index in [1.54, 1.807) is 0 Å². The topological polar surface area (TPSA) is 32.8 Å². The van der Waals surface area contributed by atoms with E-state index in [4.69, 9.17) is 4.74 Å². The summed E-state index contributed by atoms with van der Waals surface area (Å²) >= 11 is 0. The van der Waals surface area contributed by atoms with Gasteiger partial charge in [0.25, 0.3) is 0 Å². The number of benzene rings is 2. The van der Waals surface area contributed by atoms with Gasteiger partial charge < -0.3 is 9.64 Å². The summed E-state index contributed by atoms with van der Waals surface area (Å²) in [6, 6.07) is 18.4. The summed E-state index contributed by atoms with van der Waals surface area (Å²) in [4.78, 5) is 18.2. The minimum absolute atomic E-state index is 0.175. The van der Waals surface area contributed by atoms with Gasteiger partial charge >= 0.3 is 0 Å². The summed E-state index contributed by atoms with van der Waals surface area (Å²) in [5, 5.41) is 0. The smallest absolute Gasteiger partial charge is 0.183 e. The molecule has 1 aliphatic heterocycles. The van der Waals surface area contributed by atoms with Gasteiger partial charge in [0.15, 0.2) is 5.78 Å². The van der Waals surface area contributed by atoms with Crippen LogP contribution in [0, 0.1) is 5.92 Å². The number of hydrogen-bond donors (Lipinski definition) is 0. The van der Waals surface area contributed by atoms with Crippen LogP contribution in [-0.4, -0.2) is 56.6 Å². The van der Waals surface area contributed by atoms with Crippen LogP contribution in [0.25, 0.3) is 0 Å². The monoisotopic (exact) mass is 380 g/mol. The number of likely N-dealkylation sites (N-methyl/N-ethyl adjacent to an activating group) is 1. The predicted octanol–water partition coefficient (Wildman–Crippen LogP) is 3.91. The highest BCUT2D eigenvalue weighted by Crippen LogP contribution is 2.32. The molecule has 1 heterocycles. The van der Waals surface area contributed by atoms with E-state index in [0.29, 0.717) is 6.42 Å². The SMILES string of the molecule is CC(C)C(Cc1ccccc1)(C(=O)c1ccc(N2CCOCC2)cc1)N(C)C. The fourth-order valence-corrected chi connectivity index (χ4v) is 4.23. The molecule has 150 valence electrons. The second-order valence-corrected chi connectivity index (χ2v) is 8.11. The van der Waals surface area contributed by atoms with Crippen molar-refractivity contribution >= 4 is 11.5 Å². The van der Waals surface area contributed by atoms with Gasteiger partial charge in [-0.2, -0.15) is 0 Å². The zero-order valence-electron chi connectivity index (χ0n) is 17.5. The number of anilines is 1. The van der Waals surface area contributed by atoms with Crippen LogP contribution in [0.2, 0.25) is 0 Å². The number of ketones is 1. The van der Waals surface area contributed by atoms with Gasteiger partial charge in [0.2, 0.25) is 0 Å². The number of hydrogen-bond acceptors (Lipinski definition) is 4. The third-order valence-corrected chi connectivity index (χ3v) is 5.97. The van der Waals surface area contributed by atoms with Crippen LogP contribution in [0.1, 0.15) is 29.8 Å². The molecule has 0 aliphatic carbocycles. The number of morpholine rings is 1. The zero-order chi connectivity index (χ0) is 20.1. The normalized spacial score (nSPS) is 17.0. The molecule has 1 aliphatic rings. The van der Waals surface area contributed by atoms with Gasteiger partial charge in [-0.15, -0.1) is 0 Å². The van der Waals surface area contributed by atoms with Gasteiger partial charge in [0.1, 0.15) is 0 Å². The minimum Gasteiger partial charge on any atom is -0.378 e. The molecule has 28 heavy (non-hydrogen) atoms. The Bertz CT molecular complexity index is 755. The quantitative estimate of drug-likeness (QED) is 0.682. The Morgan fingerprint density at radius 3 is 2.18 bits per heavy atom. The molecule has 0 N–H and O–H groups in total. The van der Waals surface area contributed by atoms with E-state index in [1.807, 2.05) is 44.4 Å². The molecular formula is C24H32N2O2. The molecule has 0 bridgehead atoms. The van der Waals surface area contributed by atoms with Gasteiger partial charge in [0, 0.05) is 24.3 Å². The van der Waals surface area contributed by atoms with Crippen LogP contribution in [0.15, 0.2) is 54.6 Å². The first-order chi connectivity index (χ1) is 13.4. The van der Waals surface area contributed by atoms with Crippen molar-refractivity contribution in [1.29, 1.82) is 0 Å². The summed E-state index contributed by atoms with van der Waals surface area (Å²) in [6.45, 7) is 7.60. The number of carbonyl (C=O) groups excluding carboxylic acids is 1. The van der Waals surface area contributed by atoms with Crippen LogP contribution in [0.5, 0.6) is 0 Å². The van der Waals surface area contributed by atoms with Crippen molar-refractivity contribution in [3.63, 3.8) is 0 Å². The Labute approximate surface area is 169 Å². The van der Waals surface area contributed by atoms with E-state index in [-0.39, 0.29) is 11.7 Å². The zero-order valence-corrected chi connectivity index (χ0v) is 17.5. The maximum atomic E-state index is 13.8. The standard InChI is InChI=1S/C24H32N2O2/c1-19(2)24(25(3)4,18-20-8-6-5-7-9-20)23(27)21-10-12-22(13-11-21)26-14-16-28-17-15-26/h5-13,19H,14-18H2,1-4H3. The first-order valence-corrected chi connectivity index (χ1v) is 10.1. The van der Waals surface area contributed by atoms with E-state index in [9.17, 15) is 4.79 Å². The maximum Gasteiger partial charge on any atom is 0.183 e. The van der Waals surface area contributed by atoms with Crippen molar-refractivity contribution < 1.29 is 9.53 Å². The molecule has 1 saturated heterocycles. The second-order valence-electron chi connectivity index (χ2n) is 8.11. The molecule has 0 aromatic heterocycles. The average Bonchev–Trinajstić information content (AvgIpc) is 2.72. The highest BCUT2D eigenvalue weighted by Gasteiger charge is 2.43. The Kier molecular flexibility index (Phi) is 6.53. The van der Waals surface area contributed by atoms with Crippen molar-refractivity contribution in [2.24, 2.45) is 5.92 Å². The van der Waals surface area contributed by atoms with Gasteiger partial charge in [-0.25, -0.2) is 0 Å². The summed E-state index contributed by atoms with van der Waals surface area (Å²) in [5.41, 5.74) is 2.53. The molecule has 1 atom stereocenters. The lowest BCUT2D eigenvalue weighted by Crippen LogP contribution is -2.56. The summed E-state index contributed by atoms with van der Waals surface area (Å²) < 4.78 is 5.44. The predicted molar refractivity (Wildman–Crippen MR) is 115 cm³/mol. The largest absolute Gasteiger partial charge is 0.378 e. The lowest BCUT2D eigenvalue weighted by molar-refractivity contribution is 0.0539. The van der Waals surface area contributed by atoms with Crippen molar-refractivity contribution in [1.82, 2.24) is 4.90 Å². The third kappa shape index (κ3) is 4.13. The Balaban J connectivity index is 1.90. The highest BCUT2D eigenvalue weighted by molar-refractivity contribution is 6.04. The lowest BCUT2D eigenvalue weighted by Gasteiger charge is -2.42. The molecule has 0 radical (unpaired) electrons. The maximum absolute atomic E-state index is 13.8. The van der Waals surface area contributed by atoms with E-state index in [1.165, 1.54) is 5.56 Å². The molecule has 0 spiro atoms. The van der Waals surface area contributed by atoms with Gasteiger partial charge in [-0.05, 0) is 56.3 Å². The molecule has 4 heteroatoms. The Hall–Kier alpha value is -2.17. The fourth-order valence-electron chi connectivity index (χ4n) is 4.23. The van der Waals surface area contributed by atoms with Crippen LogP contribution >= 0.6 is 0 Å². The molecule has 2 aromatic rings. The number of carbonyl (C=O) groups is 1. The van der Waals surface area contributed by atoms with E-state index in [0.717, 1.165) is 37.6 Å². The molecular weight excluding hydrogens is 348 g/mol. The first kappa shape index (κ1) is 20.6. The van der Waals surface area contributed by atoms with E-state index < -0.39 is 5.54 Å². The Morgan fingerprint density at radius 1 is 1.04 bits per heavy atom. The Morgan fingerprint density at radius 2 is 1.64 bits per heavy atom. The fraction of sp³-hybridized carbons (Fsp3) is 0.458. The van der Waals surface area contributed by atoms with Crippen LogP contribution in [-0.2, 0) is 11.2 Å². The number of ether oxygens (including phenoxy) is 1. The summed E-state index contributed by atoms with van der Waals surface area (Å²) in [5.74, 6) is 0.360. The molecule has 1 fully saturated rings. The van der Waals surface area contributed by atoms with Crippen molar-refractivity contribution in [2.45, 2.75) is 25.8 Å². The van der Waals surface area contributed by atoms with Crippen molar-refractivity contribution in [3.8, 4) is 0 Å². The van der Waals surface area contributed by atoms with Crippen molar-refractivity contribution in [3.05, 3.63) is 65.7 Å². The molecule has 0 amide bonds. The molecule has 2 aromatic carbocycles. The van der Waals surface area contributed by atoms with E-state index >= 15 is 0 Å². The van der Waals surface area contributed by atoms with Crippen LogP contribution in [0.4, 0.5) is 5.69 Å². The molecule has 0 saturated carbocycles. The molecule has 1 unspecified atom stereocenters. The lowest BCUT2D eigenvalue weighted by atomic mass is 9.74. The van der Waals surface area contributed by atoms with Gasteiger partial charge in [0.05, 0.1) is 18.8 Å². The average molecular weight is 381 g/mol. The molecule has 3 rings (SSSR count). The van der Waals surface area contributed by atoms with Crippen LogP contribution in [0.3, 0.4) is 0 Å². The van der Waals surface area contributed by atoms with Crippen LogP contribution < -0.4 is 4.90 Å². The number of rotatable bonds is 7. The molecule has 4 nitrogen and oxygen atoms in total.